The predicted octanol–water partition coefficient (Wildman–Crippen LogP) is 1.30. The minimum atomic E-state index is -0.398. The maximum absolute atomic E-state index is 13.0. The second-order valence-corrected chi connectivity index (χ2v) is 3.66. The summed E-state index contributed by atoms with van der Waals surface area (Å²) in [5, 5.41) is 8.87. The van der Waals surface area contributed by atoms with Gasteiger partial charge in [-0.2, -0.15) is 5.26 Å². The van der Waals surface area contributed by atoms with Crippen molar-refractivity contribution in [2.24, 2.45) is 0 Å². The summed E-state index contributed by atoms with van der Waals surface area (Å²) in [5.74, 6) is -0.770. The number of likely N-dealkylation sites (N-methyl/N-ethyl adjacent to an activating group) is 1. The maximum atomic E-state index is 13.0. The maximum Gasteiger partial charge on any atom is 0.319 e. The van der Waals surface area contributed by atoms with Crippen LogP contribution in [-0.2, 0) is 16.1 Å². The van der Waals surface area contributed by atoms with Crippen molar-refractivity contribution >= 4 is 5.97 Å². The number of rotatable bonds is 4. The molecule has 0 amide bonds. The van der Waals surface area contributed by atoms with Gasteiger partial charge in [0.25, 0.3) is 0 Å². The highest BCUT2D eigenvalue weighted by Gasteiger charge is 2.10. The summed E-state index contributed by atoms with van der Waals surface area (Å²) in [6, 6.07) is 5.95. The number of methoxy groups -OCH3 is 1. The molecule has 4 nitrogen and oxygen atoms in total. The Bertz CT molecular complexity index is 454. The highest BCUT2D eigenvalue weighted by molar-refractivity contribution is 5.71. The Kier molecular flexibility index (Phi) is 4.61. The van der Waals surface area contributed by atoms with Gasteiger partial charge in [0, 0.05) is 6.54 Å². The van der Waals surface area contributed by atoms with Crippen molar-refractivity contribution in [2.75, 3.05) is 20.7 Å². The fourth-order valence-electron chi connectivity index (χ4n) is 1.43. The third-order valence-corrected chi connectivity index (χ3v) is 2.25. The molecule has 0 aromatic heterocycles. The summed E-state index contributed by atoms with van der Waals surface area (Å²) < 4.78 is 17.6. The highest BCUT2D eigenvalue weighted by Crippen LogP contribution is 2.12. The number of benzene rings is 1. The number of halogens is 1. The molecule has 0 bridgehead atoms. The van der Waals surface area contributed by atoms with E-state index in [4.69, 9.17) is 5.26 Å². The first-order valence-electron chi connectivity index (χ1n) is 5.00. The van der Waals surface area contributed by atoms with Crippen molar-refractivity contribution in [1.82, 2.24) is 4.90 Å². The molecule has 0 aliphatic carbocycles. The van der Waals surface area contributed by atoms with Crippen molar-refractivity contribution in [2.45, 2.75) is 6.54 Å². The number of nitrogens with zero attached hydrogens (tertiary/aromatic N) is 2. The van der Waals surface area contributed by atoms with Crippen LogP contribution in [0.5, 0.6) is 0 Å². The van der Waals surface area contributed by atoms with Gasteiger partial charge in [0.05, 0.1) is 25.3 Å². The third kappa shape index (κ3) is 3.85. The van der Waals surface area contributed by atoms with E-state index in [1.165, 1.54) is 25.3 Å². The fourth-order valence-corrected chi connectivity index (χ4v) is 1.43. The summed E-state index contributed by atoms with van der Waals surface area (Å²) in [6.45, 7) is 0.410. The largest absolute Gasteiger partial charge is 0.468 e. The van der Waals surface area contributed by atoms with Crippen LogP contribution in [0.2, 0.25) is 0 Å². The number of esters is 1. The Morgan fingerprint density at radius 2 is 2.29 bits per heavy atom. The SMILES string of the molecule is COC(=O)CN(C)Cc1cc(F)ccc1C#N. The molecule has 0 saturated heterocycles. The summed E-state index contributed by atoms with van der Waals surface area (Å²) in [7, 11) is 3.00. The average molecular weight is 236 g/mol. The van der Waals surface area contributed by atoms with E-state index < -0.39 is 5.82 Å². The zero-order chi connectivity index (χ0) is 12.8. The lowest BCUT2D eigenvalue weighted by molar-refractivity contribution is -0.141. The Hall–Kier alpha value is -1.93. The molecule has 0 fully saturated rings. The molecule has 90 valence electrons. The molecule has 17 heavy (non-hydrogen) atoms. The van der Waals surface area contributed by atoms with E-state index in [0.29, 0.717) is 17.7 Å². The van der Waals surface area contributed by atoms with Crippen molar-refractivity contribution in [3.8, 4) is 6.07 Å². The van der Waals surface area contributed by atoms with E-state index in [9.17, 15) is 9.18 Å². The van der Waals surface area contributed by atoms with Crippen molar-refractivity contribution in [3.05, 3.63) is 35.1 Å². The topological polar surface area (TPSA) is 53.3 Å². The first-order valence-corrected chi connectivity index (χ1v) is 5.00. The van der Waals surface area contributed by atoms with Gasteiger partial charge in [0.15, 0.2) is 0 Å². The lowest BCUT2D eigenvalue weighted by atomic mass is 10.1. The van der Waals surface area contributed by atoms with Gasteiger partial charge in [0.1, 0.15) is 5.82 Å². The number of ether oxygens (including phenoxy) is 1. The molecule has 0 heterocycles. The molecular weight excluding hydrogens is 223 g/mol. The molecule has 0 atom stereocenters. The van der Waals surface area contributed by atoms with Gasteiger partial charge in [-0.05, 0) is 30.8 Å². The first-order chi connectivity index (χ1) is 8.06. The lowest BCUT2D eigenvalue weighted by Gasteiger charge is -2.15. The van der Waals surface area contributed by atoms with Crippen molar-refractivity contribution in [3.63, 3.8) is 0 Å². The molecule has 0 aliphatic heterocycles. The summed E-state index contributed by atoms with van der Waals surface area (Å²) in [4.78, 5) is 12.7. The van der Waals surface area contributed by atoms with Gasteiger partial charge in [0.2, 0.25) is 0 Å². The molecule has 0 aliphatic rings. The van der Waals surface area contributed by atoms with Gasteiger partial charge in [-0.25, -0.2) is 4.39 Å². The number of hydrogen-bond donors (Lipinski definition) is 0. The fraction of sp³-hybridized carbons (Fsp3) is 0.333. The summed E-state index contributed by atoms with van der Waals surface area (Å²) >= 11 is 0. The standard InChI is InChI=1S/C12H13FN2O2/c1-15(8-12(16)17-2)7-10-5-11(13)4-3-9(10)6-14/h3-5H,7-8H2,1-2H3. The van der Waals surface area contributed by atoms with Crippen LogP contribution in [0, 0.1) is 17.1 Å². The molecule has 5 heteroatoms. The van der Waals surface area contributed by atoms with Gasteiger partial charge in [-0.3, -0.25) is 9.69 Å². The normalized spacial score (nSPS) is 10.1. The summed E-state index contributed by atoms with van der Waals surface area (Å²) in [5.41, 5.74) is 0.960. The molecule has 1 aromatic carbocycles. The Labute approximate surface area is 99.2 Å². The molecular formula is C12H13FN2O2. The quantitative estimate of drug-likeness (QED) is 0.739. The summed E-state index contributed by atoms with van der Waals surface area (Å²) in [6.07, 6.45) is 0. The van der Waals surface area contributed by atoms with E-state index >= 15 is 0 Å². The predicted molar refractivity (Wildman–Crippen MR) is 59.5 cm³/mol. The number of nitriles is 1. The molecule has 0 unspecified atom stereocenters. The Balaban J connectivity index is 2.77. The molecule has 1 aromatic rings. The van der Waals surface area contributed by atoms with Crippen LogP contribution in [0.25, 0.3) is 0 Å². The number of hydrogen-bond acceptors (Lipinski definition) is 4. The van der Waals surface area contributed by atoms with E-state index in [-0.39, 0.29) is 12.5 Å². The van der Waals surface area contributed by atoms with Crippen LogP contribution in [0.3, 0.4) is 0 Å². The second kappa shape index (κ2) is 5.97. The third-order valence-electron chi connectivity index (χ3n) is 2.25. The van der Waals surface area contributed by atoms with E-state index in [1.807, 2.05) is 6.07 Å². The molecule has 0 N–H and O–H groups in total. The van der Waals surface area contributed by atoms with Gasteiger partial charge in [-0.15, -0.1) is 0 Å². The molecule has 0 radical (unpaired) electrons. The zero-order valence-electron chi connectivity index (χ0n) is 9.74. The van der Waals surface area contributed by atoms with Crippen molar-refractivity contribution in [1.29, 1.82) is 5.26 Å². The van der Waals surface area contributed by atoms with E-state index in [2.05, 4.69) is 4.74 Å². The lowest BCUT2D eigenvalue weighted by Crippen LogP contribution is -2.26. The van der Waals surface area contributed by atoms with Gasteiger partial charge >= 0.3 is 5.97 Å². The number of carbonyl (C=O) groups is 1. The minimum Gasteiger partial charge on any atom is -0.468 e. The Morgan fingerprint density at radius 1 is 1.59 bits per heavy atom. The number of carbonyl (C=O) groups excluding carboxylic acids is 1. The Morgan fingerprint density at radius 3 is 2.88 bits per heavy atom. The molecule has 0 saturated carbocycles. The van der Waals surface area contributed by atoms with Crippen molar-refractivity contribution < 1.29 is 13.9 Å². The first kappa shape index (κ1) is 13.1. The molecule has 0 spiro atoms. The monoisotopic (exact) mass is 236 g/mol. The van der Waals surface area contributed by atoms with Gasteiger partial charge < -0.3 is 4.74 Å². The van der Waals surface area contributed by atoms with E-state index in [0.717, 1.165) is 0 Å². The van der Waals surface area contributed by atoms with Crippen LogP contribution >= 0.6 is 0 Å². The van der Waals surface area contributed by atoms with E-state index in [1.54, 1.807) is 11.9 Å². The highest BCUT2D eigenvalue weighted by atomic mass is 19.1. The van der Waals surface area contributed by atoms with Crippen LogP contribution in [0.1, 0.15) is 11.1 Å². The van der Waals surface area contributed by atoms with Crippen LogP contribution in [0.4, 0.5) is 4.39 Å². The average Bonchev–Trinajstić information content (AvgIpc) is 2.29. The van der Waals surface area contributed by atoms with Crippen LogP contribution in [-0.4, -0.2) is 31.6 Å². The molecule has 1 rings (SSSR count). The van der Waals surface area contributed by atoms with Crippen LogP contribution < -0.4 is 0 Å². The minimum absolute atomic E-state index is 0.0951. The zero-order valence-corrected chi connectivity index (χ0v) is 9.74. The smallest absolute Gasteiger partial charge is 0.319 e. The van der Waals surface area contributed by atoms with Crippen LogP contribution in [0.15, 0.2) is 18.2 Å². The second-order valence-electron chi connectivity index (χ2n) is 3.66. The van der Waals surface area contributed by atoms with Gasteiger partial charge in [-0.1, -0.05) is 0 Å².